The van der Waals surface area contributed by atoms with Gasteiger partial charge in [0.1, 0.15) is 0 Å². The average Bonchev–Trinajstić information content (AvgIpc) is 2.08. The summed E-state index contributed by atoms with van der Waals surface area (Å²) in [5.74, 6) is 0. The van der Waals surface area contributed by atoms with Crippen molar-refractivity contribution < 1.29 is 76.6 Å². The first-order valence-corrected chi connectivity index (χ1v) is 6.91. The molecule has 0 bridgehead atoms. The van der Waals surface area contributed by atoms with Gasteiger partial charge in [-0.2, -0.15) is 0 Å². The van der Waals surface area contributed by atoms with E-state index in [9.17, 15) is 0 Å². The van der Waals surface area contributed by atoms with Crippen molar-refractivity contribution in [3.63, 3.8) is 0 Å². The Morgan fingerprint density at radius 3 is 1.06 bits per heavy atom. The van der Waals surface area contributed by atoms with Crippen molar-refractivity contribution in [2.45, 2.75) is 65.2 Å². The van der Waals surface area contributed by atoms with Gasteiger partial charge in [-0.3, -0.25) is 8.42 Å². The van der Waals surface area contributed by atoms with Crippen LogP contribution in [0.15, 0.2) is 0 Å². The van der Waals surface area contributed by atoms with E-state index in [1.807, 2.05) is 0 Å². The van der Waals surface area contributed by atoms with E-state index in [0.717, 1.165) is 0 Å². The Morgan fingerprint density at radius 2 is 0.882 bits per heavy atom. The number of hydrogen-bond acceptors (Lipinski definition) is 4. The summed E-state index contributed by atoms with van der Waals surface area (Å²) in [6, 6.07) is 0. The van der Waals surface area contributed by atoms with Crippen molar-refractivity contribution in [2.75, 3.05) is 0 Å². The van der Waals surface area contributed by atoms with Crippen molar-refractivity contribution >= 4 is 10.4 Å². The maximum Gasteiger partial charge on any atom is 1.00 e. The van der Waals surface area contributed by atoms with Gasteiger partial charge in [-0.1, -0.05) is 65.2 Å². The van der Waals surface area contributed by atoms with E-state index in [1.54, 1.807) is 0 Å². The van der Waals surface area contributed by atoms with E-state index in [1.165, 1.54) is 51.4 Å². The van der Waals surface area contributed by atoms with Crippen LogP contribution in [-0.2, 0) is 10.4 Å². The fourth-order valence-electron chi connectivity index (χ4n) is 1.21. The second kappa shape index (κ2) is 20.2. The molecule has 0 heterocycles. The van der Waals surface area contributed by atoms with Crippen LogP contribution < -0.4 is 59.1 Å². The molecular weight excluding hydrogens is 262 g/mol. The van der Waals surface area contributed by atoms with Crippen molar-refractivity contribution in [1.29, 1.82) is 0 Å². The van der Waals surface area contributed by atoms with Gasteiger partial charge in [0.05, 0.1) is 0 Å². The Labute approximate surface area is 150 Å². The van der Waals surface area contributed by atoms with E-state index in [4.69, 9.17) is 17.5 Å². The maximum absolute atomic E-state index is 8.52. The van der Waals surface area contributed by atoms with Crippen LogP contribution in [0.5, 0.6) is 0 Å². The molecular formula is C10H22Na2O4S. The summed E-state index contributed by atoms with van der Waals surface area (Å²) in [6.45, 7) is 4.54. The van der Waals surface area contributed by atoms with E-state index in [2.05, 4.69) is 13.8 Å². The molecule has 0 saturated carbocycles. The summed E-state index contributed by atoms with van der Waals surface area (Å²) in [6.07, 6.45) is 11.5. The van der Waals surface area contributed by atoms with Crippen LogP contribution in [0.2, 0.25) is 0 Å². The quantitative estimate of drug-likeness (QED) is 0.214. The minimum absolute atomic E-state index is 0. The third-order valence-electron chi connectivity index (χ3n) is 1.96. The van der Waals surface area contributed by atoms with Crippen molar-refractivity contribution in [1.82, 2.24) is 0 Å². The van der Waals surface area contributed by atoms with Crippen LogP contribution in [0, 0.1) is 0 Å². The van der Waals surface area contributed by atoms with Crippen molar-refractivity contribution in [3.8, 4) is 0 Å². The third-order valence-corrected chi connectivity index (χ3v) is 1.96. The van der Waals surface area contributed by atoms with Crippen LogP contribution in [0.3, 0.4) is 0 Å². The zero-order valence-corrected chi connectivity index (χ0v) is 16.5. The molecule has 0 aromatic rings. The normalized spacial score (nSPS) is 9.41. The molecule has 0 rings (SSSR count). The molecule has 17 heavy (non-hydrogen) atoms. The number of hydrogen-bond donors (Lipinski definition) is 0. The zero-order chi connectivity index (χ0) is 12.2. The van der Waals surface area contributed by atoms with Gasteiger partial charge in [-0.15, -0.1) is 0 Å². The van der Waals surface area contributed by atoms with Crippen LogP contribution >= 0.6 is 0 Å². The van der Waals surface area contributed by atoms with Gasteiger partial charge in [0, 0.05) is 10.4 Å². The van der Waals surface area contributed by atoms with Gasteiger partial charge in [0.2, 0.25) is 0 Å². The monoisotopic (exact) mass is 284 g/mol. The first kappa shape index (κ1) is 27.3. The minimum Gasteiger partial charge on any atom is -0.759 e. The van der Waals surface area contributed by atoms with Crippen molar-refractivity contribution in [3.05, 3.63) is 0 Å². The fraction of sp³-hybridized carbons (Fsp3) is 1.00. The number of rotatable bonds is 7. The van der Waals surface area contributed by atoms with Gasteiger partial charge in [0.25, 0.3) is 0 Å². The molecule has 0 atom stereocenters. The second-order valence-corrected chi connectivity index (χ2v) is 4.35. The molecule has 0 amide bonds. The molecule has 94 valence electrons. The molecule has 7 heteroatoms. The van der Waals surface area contributed by atoms with Crippen LogP contribution in [0.4, 0.5) is 0 Å². The molecule has 0 aromatic carbocycles. The van der Waals surface area contributed by atoms with Gasteiger partial charge < -0.3 is 9.11 Å². The Morgan fingerprint density at radius 1 is 0.706 bits per heavy atom. The molecule has 0 aliphatic carbocycles. The predicted molar refractivity (Wildman–Crippen MR) is 58.8 cm³/mol. The molecule has 0 saturated heterocycles. The molecule has 0 aromatic heterocycles. The van der Waals surface area contributed by atoms with E-state index in [0.29, 0.717) is 0 Å². The molecule has 4 nitrogen and oxygen atoms in total. The molecule has 0 N–H and O–H groups in total. The topological polar surface area (TPSA) is 80.3 Å². The summed E-state index contributed by atoms with van der Waals surface area (Å²) in [4.78, 5) is 0. The summed E-state index contributed by atoms with van der Waals surface area (Å²) >= 11 is 0. The van der Waals surface area contributed by atoms with E-state index < -0.39 is 10.4 Å². The van der Waals surface area contributed by atoms with Crippen molar-refractivity contribution in [2.24, 2.45) is 0 Å². The average molecular weight is 284 g/mol. The third kappa shape index (κ3) is 57.2. The maximum atomic E-state index is 8.52. The Hall–Kier alpha value is 1.87. The largest absolute Gasteiger partial charge is 1.00 e. The van der Waals surface area contributed by atoms with Crippen LogP contribution in [-0.4, -0.2) is 17.5 Å². The van der Waals surface area contributed by atoms with Gasteiger partial charge in [-0.25, -0.2) is 0 Å². The van der Waals surface area contributed by atoms with Gasteiger partial charge in [0.15, 0.2) is 0 Å². The standard InChI is InChI=1S/C10H22.2Na.H2O4S/c1-3-5-7-9-10-8-6-4-2;;;1-5(2,3)4/h3-10H2,1-2H3;;;(H2,1,2,3,4)/q;2*+1;/p-2. The Kier molecular flexibility index (Phi) is 32.4. The molecule has 0 spiro atoms. The predicted octanol–water partition coefficient (Wildman–Crippen LogP) is -3.18. The minimum atomic E-state index is -5.17. The van der Waals surface area contributed by atoms with Crippen LogP contribution in [0.25, 0.3) is 0 Å². The summed E-state index contributed by atoms with van der Waals surface area (Å²) in [7, 11) is -5.17. The zero-order valence-electron chi connectivity index (χ0n) is 11.7. The van der Waals surface area contributed by atoms with E-state index >= 15 is 0 Å². The smallest absolute Gasteiger partial charge is 0.759 e. The van der Waals surface area contributed by atoms with Gasteiger partial charge >= 0.3 is 59.1 Å². The first-order valence-electron chi connectivity index (χ1n) is 5.58. The summed E-state index contributed by atoms with van der Waals surface area (Å²) in [5.41, 5.74) is 0. The Balaban J connectivity index is -0.000000105. The fourth-order valence-corrected chi connectivity index (χ4v) is 1.21. The molecule has 0 unspecified atom stereocenters. The molecule has 0 radical (unpaired) electrons. The number of unbranched alkanes of at least 4 members (excludes halogenated alkanes) is 7. The second-order valence-electron chi connectivity index (χ2n) is 3.53. The summed E-state index contributed by atoms with van der Waals surface area (Å²) < 4.78 is 34.1. The van der Waals surface area contributed by atoms with Crippen LogP contribution in [0.1, 0.15) is 65.2 Å². The molecule has 0 fully saturated rings. The van der Waals surface area contributed by atoms with E-state index in [-0.39, 0.29) is 59.1 Å². The Bertz CT molecular complexity index is 192. The molecule has 0 aliphatic rings. The first-order chi connectivity index (χ1) is 6.91. The summed E-state index contributed by atoms with van der Waals surface area (Å²) in [5, 5.41) is 0. The van der Waals surface area contributed by atoms with Gasteiger partial charge in [-0.05, 0) is 0 Å². The molecule has 0 aliphatic heterocycles. The SMILES string of the molecule is CCCCCCCCCC.O=S(=O)([O-])[O-].[Na+].[Na+].